The van der Waals surface area contributed by atoms with Crippen LogP contribution in [0.4, 0.5) is 0 Å². The van der Waals surface area contributed by atoms with Gasteiger partial charge in [0.1, 0.15) is 0 Å². The van der Waals surface area contributed by atoms with Gasteiger partial charge in [-0.3, -0.25) is 4.90 Å². The van der Waals surface area contributed by atoms with E-state index in [2.05, 4.69) is 48.5 Å². The van der Waals surface area contributed by atoms with Gasteiger partial charge in [0.25, 0.3) is 0 Å². The number of hydrogen-bond donors (Lipinski definition) is 0. The summed E-state index contributed by atoms with van der Waals surface area (Å²) < 4.78 is 0. The highest BCUT2D eigenvalue weighted by Crippen LogP contribution is 2.28. The fraction of sp³-hybridized carbons (Fsp3) is 1.00. The van der Waals surface area contributed by atoms with Crippen molar-refractivity contribution in [1.82, 2.24) is 4.90 Å². The van der Waals surface area contributed by atoms with Crippen LogP contribution in [-0.2, 0) is 0 Å². The highest BCUT2D eigenvalue weighted by molar-refractivity contribution is 9.09. The molecule has 0 bridgehead atoms. The fourth-order valence-corrected chi connectivity index (χ4v) is 2.85. The lowest BCUT2D eigenvalue weighted by Crippen LogP contribution is -2.43. The van der Waals surface area contributed by atoms with Gasteiger partial charge in [-0.25, -0.2) is 0 Å². The molecule has 0 unspecified atom stereocenters. The van der Waals surface area contributed by atoms with Crippen molar-refractivity contribution in [1.29, 1.82) is 0 Å². The zero-order chi connectivity index (χ0) is 12.2. The first-order valence-electron chi connectivity index (χ1n) is 6.74. The number of nitrogens with zero attached hydrogens (tertiary/aromatic N) is 1. The van der Waals surface area contributed by atoms with Crippen LogP contribution in [0.25, 0.3) is 0 Å². The lowest BCUT2D eigenvalue weighted by Gasteiger charge is -2.36. The first-order chi connectivity index (χ1) is 7.44. The van der Waals surface area contributed by atoms with Crippen LogP contribution in [0, 0.1) is 11.3 Å². The fourth-order valence-electron chi connectivity index (χ4n) is 2.67. The average Bonchev–Trinajstić information content (AvgIpc) is 2.68. The summed E-state index contributed by atoms with van der Waals surface area (Å²) >= 11 is 3.65. The molecule has 0 radical (unpaired) electrons. The Balaban J connectivity index is 2.55. The number of rotatable bonds is 6. The topological polar surface area (TPSA) is 3.24 Å². The summed E-state index contributed by atoms with van der Waals surface area (Å²) in [6.07, 6.45) is 5.72. The molecule has 1 fully saturated rings. The molecule has 0 aromatic rings. The molecule has 0 spiro atoms. The van der Waals surface area contributed by atoms with Gasteiger partial charge in [0.05, 0.1) is 0 Å². The Morgan fingerprint density at radius 3 is 2.25 bits per heavy atom. The van der Waals surface area contributed by atoms with Crippen LogP contribution in [0.5, 0.6) is 0 Å². The van der Waals surface area contributed by atoms with Gasteiger partial charge >= 0.3 is 0 Å². The van der Waals surface area contributed by atoms with Crippen molar-refractivity contribution in [3.63, 3.8) is 0 Å². The van der Waals surface area contributed by atoms with Crippen molar-refractivity contribution in [3.05, 3.63) is 0 Å². The molecule has 0 heterocycles. The molecule has 0 aromatic carbocycles. The van der Waals surface area contributed by atoms with E-state index in [0.717, 1.165) is 17.3 Å². The molecule has 0 atom stereocenters. The summed E-state index contributed by atoms with van der Waals surface area (Å²) in [6.45, 7) is 11.9. The first kappa shape index (κ1) is 14.5. The third-order valence-electron chi connectivity index (χ3n) is 3.43. The van der Waals surface area contributed by atoms with Crippen molar-refractivity contribution < 1.29 is 0 Å². The molecule has 1 saturated carbocycles. The molecular formula is C14H28BrN. The Labute approximate surface area is 110 Å². The molecule has 1 rings (SSSR count). The van der Waals surface area contributed by atoms with Crippen LogP contribution in [-0.4, -0.2) is 29.4 Å². The molecule has 0 aliphatic heterocycles. The second kappa shape index (κ2) is 6.39. The van der Waals surface area contributed by atoms with E-state index in [1.807, 2.05) is 0 Å². The summed E-state index contributed by atoms with van der Waals surface area (Å²) in [6, 6.07) is 0.862. The second-order valence-corrected chi connectivity index (χ2v) is 7.12. The van der Waals surface area contributed by atoms with E-state index < -0.39 is 0 Å². The van der Waals surface area contributed by atoms with Crippen LogP contribution in [0.2, 0.25) is 0 Å². The van der Waals surface area contributed by atoms with E-state index in [4.69, 9.17) is 0 Å². The van der Waals surface area contributed by atoms with E-state index in [-0.39, 0.29) is 0 Å². The van der Waals surface area contributed by atoms with E-state index in [9.17, 15) is 0 Å². The number of halogens is 1. The maximum atomic E-state index is 3.65. The minimum Gasteiger partial charge on any atom is -0.300 e. The third kappa shape index (κ3) is 4.75. The smallest absolute Gasteiger partial charge is 0.00956 e. The Kier molecular flexibility index (Phi) is 5.79. The monoisotopic (exact) mass is 289 g/mol. The van der Waals surface area contributed by atoms with Gasteiger partial charge in [0.15, 0.2) is 0 Å². The molecule has 96 valence electrons. The number of hydrogen-bond acceptors (Lipinski definition) is 1. The van der Waals surface area contributed by atoms with Crippen LogP contribution in [0.1, 0.15) is 53.4 Å². The van der Waals surface area contributed by atoms with E-state index in [1.54, 1.807) is 0 Å². The molecule has 1 aliphatic rings. The first-order valence-corrected chi connectivity index (χ1v) is 7.87. The Morgan fingerprint density at radius 1 is 1.25 bits per heavy atom. The quantitative estimate of drug-likeness (QED) is 0.659. The highest BCUT2D eigenvalue weighted by Gasteiger charge is 2.28. The highest BCUT2D eigenvalue weighted by atomic mass is 79.9. The van der Waals surface area contributed by atoms with E-state index >= 15 is 0 Å². The normalized spacial score (nSPS) is 18.9. The van der Waals surface area contributed by atoms with Crippen LogP contribution >= 0.6 is 15.9 Å². The molecule has 1 aliphatic carbocycles. The predicted octanol–water partition coefficient (Wildman–Crippen LogP) is 4.31. The van der Waals surface area contributed by atoms with Crippen molar-refractivity contribution >= 4 is 15.9 Å². The maximum Gasteiger partial charge on any atom is 0.00956 e. The zero-order valence-corrected chi connectivity index (χ0v) is 13.0. The summed E-state index contributed by atoms with van der Waals surface area (Å²) in [5, 5.41) is 1.10. The molecule has 0 aromatic heterocycles. The summed E-state index contributed by atoms with van der Waals surface area (Å²) in [5.74, 6) is 0.784. The lowest BCUT2D eigenvalue weighted by molar-refractivity contribution is 0.127. The van der Waals surface area contributed by atoms with E-state index in [1.165, 1.54) is 38.8 Å². The van der Waals surface area contributed by atoms with Crippen LogP contribution in [0.15, 0.2) is 0 Å². The van der Waals surface area contributed by atoms with Crippen LogP contribution in [0.3, 0.4) is 0 Å². The Bertz CT molecular complexity index is 195. The summed E-state index contributed by atoms with van der Waals surface area (Å²) in [4.78, 5) is 2.75. The van der Waals surface area contributed by atoms with Gasteiger partial charge in [-0.2, -0.15) is 0 Å². The SMILES string of the molecule is CC(C)CN(CC(C)(C)CBr)C1CCCC1. The molecule has 0 N–H and O–H groups in total. The minimum atomic E-state index is 0.400. The van der Waals surface area contributed by atoms with Crippen molar-refractivity contribution in [3.8, 4) is 0 Å². The maximum absolute atomic E-state index is 3.65. The predicted molar refractivity (Wildman–Crippen MR) is 76.2 cm³/mol. The molecule has 0 saturated heterocycles. The summed E-state index contributed by atoms with van der Waals surface area (Å²) in [5.41, 5.74) is 0.400. The van der Waals surface area contributed by atoms with Gasteiger partial charge in [-0.15, -0.1) is 0 Å². The van der Waals surface area contributed by atoms with Crippen LogP contribution < -0.4 is 0 Å². The molecular weight excluding hydrogens is 262 g/mol. The lowest BCUT2D eigenvalue weighted by atomic mass is 9.94. The molecule has 16 heavy (non-hydrogen) atoms. The third-order valence-corrected chi connectivity index (χ3v) is 4.95. The average molecular weight is 290 g/mol. The van der Waals surface area contributed by atoms with Crippen molar-refractivity contribution in [2.45, 2.75) is 59.4 Å². The number of alkyl halides is 1. The Hall–Kier alpha value is 0.440. The Morgan fingerprint density at radius 2 is 1.81 bits per heavy atom. The molecule has 0 amide bonds. The zero-order valence-electron chi connectivity index (χ0n) is 11.4. The molecule has 1 nitrogen and oxygen atoms in total. The summed E-state index contributed by atoms with van der Waals surface area (Å²) in [7, 11) is 0. The van der Waals surface area contributed by atoms with Gasteiger partial charge in [0, 0.05) is 24.5 Å². The van der Waals surface area contributed by atoms with Crippen molar-refractivity contribution in [2.75, 3.05) is 18.4 Å². The van der Waals surface area contributed by atoms with Crippen molar-refractivity contribution in [2.24, 2.45) is 11.3 Å². The second-order valence-electron chi connectivity index (χ2n) is 6.56. The largest absolute Gasteiger partial charge is 0.300 e. The van der Waals surface area contributed by atoms with Gasteiger partial charge in [-0.05, 0) is 24.2 Å². The van der Waals surface area contributed by atoms with Gasteiger partial charge in [-0.1, -0.05) is 56.5 Å². The van der Waals surface area contributed by atoms with E-state index in [0.29, 0.717) is 5.41 Å². The van der Waals surface area contributed by atoms with Gasteiger partial charge in [0.2, 0.25) is 0 Å². The standard InChI is InChI=1S/C14H28BrN/c1-12(2)9-16(11-14(3,4)10-15)13-7-5-6-8-13/h12-13H,5-11H2,1-4H3. The van der Waals surface area contributed by atoms with Gasteiger partial charge < -0.3 is 0 Å². The minimum absolute atomic E-state index is 0.400. The molecule has 2 heteroatoms.